The highest BCUT2D eigenvalue weighted by Crippen LogP contribution is 2.19. The summed E-state index contributed by atoms with van der Waals surface area (Å²) in [5.41, 5.74) is 1.05. The van der Waals surface area contributed by atoms with Crippen molar-refractivity contribution in [3.8, 4) is 11.8 Å². The molecule has 1 aromatic carbocycles. The van der Waals surface area contributed by atoms with Gasteiger partial charge >= 0.3 is 6.01 Å². The lowest BCUT2D eigenvalue weighted by molar-refractivity contribution is 0.440. The number of rotatable bonds is 5. The zero-order chi connectivity index (χ0) is 13.7. The van der Waals surface area contributed by atoms with E-state index < -0.39 is 0 Å². The van der Waals surface area contributed by atoms with E-state index in [1.807, 2.05) is 24.3 Å². The molecule has 0 amide bonds. The van der Waals surface area contributed by atoms with Crippen LogP contribution in [-0.2, 0) is 6.54 Å². The third-order valence-corrected chi connectivity index (χ3v) is 3.07. The highest BCUT2D eigenvalue weighted by Gasteiger charge is 2.02. The first-order valence-electron chi connectivity index (χ1n) is 6.11. The largest absolute Gasteiger partial charge is 0.424 e. The number of ether oxygens (including phenoxy) is 1. The van der Waals surface area contributed by atoms with E-state index in [1.165, 1.54) is 0 Å². The van der Waals surface area contributed by atoms with Gasteiger partial charge in [-0.25, -0.2) is 9.97 Å². The molecular formula is C14H16IN3O. The van der Waals surface area contributed by atoms with Crippen LogP contribution in [-0.4, -0.2) is 16.0 Å². The molecule has 2 rings (SSSR count). The van der Waals surface area contributed by atoms with Gasteiger partial charge in [0.15, 0.2) is 0 Å². The fourth-order valence-electron chi connectivity index (χ4n) is 1.44. The Morgan fingerprint density at radius 1 is 1.26 bits per heavy atom. The Morgan fingerprint density at radius 2 is 2.00 bits per heavy atom. The highest BCUT2D eigenvalue weighted by atomic mass is 127. The van der Waals surface area contributed by atoms with Crippen molar-refractivity contribution >= 4 is 22.6 Å². The molecule has 0 saturated heterocycles. The molecule has 0 unspecified atom stereocenters. The molecule has 4 nitrogen and oxygen atoms in total. The molecule has 0 bridgehead atoms. The summed E-state index contributed by atoms with van der Waals surface area (Å²) < 4.78 is 6.71. The maximum absolute atomic E-state index is 5.59. The Labute approximate surface area is 126 Å². The lowest BCUT2D eigenvalue weighted by Gasteiger charge is -2.08. The van der Waals surface area contributed by atoms with Crippen LogP contribution < -0.4 is 10.1 Å². The minimum absolute atomic E-state index is 0.371. The Kier molecular flexibility index (Phi) is 5.09. The summed E-state index contributed by atoms with van der Waals surface area (Å²) in [6.07, 6.45) is 3.57. The van der Waals surface area contributed by atoms with E-state index in [4.69, 9.17) is 4.74 Å². The molecule has 1 heterocycles. The van der Waals surface area contributed by atoms with Crippen molar-refractivity contribution in [2.45, 2.75) is 26.4 Å². The smallest absolute Gasteiger partial charge is 0.321 e. The first-order valence-corrected chi connectivity index (χ1v) is 7.19. The number of aromatic nitrogens is 2. The third-order valence-electron chi connectivity index (χ3n) is 2.40. The molecule has 1 N–H and O–H groups in total. The summed E-state index contributed by atoms with van der Waals surface area (Å²) in [6.45, 7) is 4.98. The second-order valence-electron chi connectivity index (χ2n) is 4.47. The SMILES string of the molecule is CC(C)NCc1cnc(Oc2cccc(I)c2)nc1. The molecule has 0 radical (unpaired) electrons. The molecular weight excluding hydrogens is 353 g/mol. The molecule has 19 heavy (non-hydrogen) atoms. The Bertz CT molecular complexity index is 528. The predicted molar refractivity (Wildman–Crippen MR) is 83.2 cm³/mol. The first kappa shape index (κ1) is 14.2. The minimum atomic E-state index is 0.371. The maximum Gasteiger partial charge on any atom is 0.321 e. The van der Waals surface area contributed by atoms with Crippen molar-refractivity contribution in [1.82, 2.24) is 15.3 Å². The van der Waals surface area contributed by atoms with E-state index in [1.54, 1.807) is 12.4 Å². The van der Waals surface area contributed by atoms with Crippen molar-refractivity contribution in [2.24, 2.45) is 0 Å². The number of halogens is 1. The van der Waals surface area contributed by atoms with Gasteiger partial charge < -0.3 is 10.1 Å². The predicted octanol–water partition coefficient (Wildman–Crippen LogP) is 3.37. The van der Waals surface area contributed by atoms with Crippen LogP contribution in [0.15, 0.2) is 36.7 Å². The van der Waals surface area contributed by atoms with Crippen LogP contribution in [0.3, 0.4) is 0 Å². The lowest BCUT2D eigenvalue weighted by Crippen LogP contribution is -2.21. The van der Waals surface area contributed by atoms with Crippen LogP contribution in [0.25, 0.3) is 0 Å². The second-order valence-corrected chi connectivity index (χ2v) is 5.71. The zero-order valence-corrected chi connectivity index (χ0v) is 13.1. The van der Waals surface area contributed by atoms with Gasteiger partial charge in [0, 0.05) is 34.1 Å². The zero-order valence-electron chi connectivity index (χ0n) is 10.9. The Balaban J connectivity index is 1.98. The minimum Gasteiger partial charge on any atom is -0.424 e. The molecule has 0 spiro atoms. The number of hydrogen-bond acceptors (Lipinski definition) is 4. The van der Waals surface area contributed by atoms with Gasteiger partial charge in [-0.15, -0.1) is 0 Å². The van der Waals surface area contributed by atoms with Crippen LogP contribution >= 0.6 is 22.6 Å². The molecule has 0 aliphatic rings. The van der Waals surface area contributed by atoms with Crippen LogP contribution in [0, 0.1) is 3.57 Å². The van der Waals surface area contributed by atoms with E-state index in [0.29, 0.717) is 12.1 Å². The van der Waals surface area contributed by atoms with E-state index in [9.17, 15) is 0 Å². The van der Waals surface area contributed by atoms with Crippen molar-refractivity contribution in [3.05, 3.63) is 45.8 Å². The van der Waals surface area contributed by atoms with E-state index >= 15 is 0 Å². The van der Waals surface area contributed by atoms with Gasteiger partial charge in [-0.05, 0) is 40.8 Å². The van der Waals surface area contributed by atoms with Gasteiger partial charge in [-0.1, -0.05) is 19.9 Å². The summed E-state index contributed by atoms with van der Waals surface area (Å²) in [5, 5.41) is 3.32. The summed E-state index contributed by atoms with van der Waals surface area (Å²) in [4.78, 5) is 8.41. The quantitative estimate of drug-likeness (QED) is 0.821. The van der Waals surface area contributed by atoms with Crippen LogP contribution in [0.2, 0.25) is 0 Å². The van der Waals surface area contributed by atoms with Gasteiger partial charge in [0.05, 0.1) is 0 Å². The molecule has 2 aromatic rings. The van der Waals surface area contributed by atoms with Crippen LogP contribution in [0.4, 0.5) is 0 Å². The summed E-state index contributed by atoms with van der Waals surface area (Å²) in [6, 6.07) is 8.60. The summed E-state index contributed by atoms with van der Waals surface area (Å²) >= 11 is 2.24. The lowest BCUT2D eigenvalue weighted by atomic mass is 10.3. The highest BCUT2D eigenvalue weighted by molar-refractivity contribution is 14.1. The topological polar surface area (TPSA) is 47.0 Å². The maximum atomic E-state index is 5.59. The van der Waals surface area contributed by atoms with E-state index in [-0.39, 0.29) is 0 Å². The van der Waals surface area contributed by atoms with Gasteiger partial charge in [-0.2, -0.15) is 0 Å². The van der Waals surface area contributed by atoms with Gasteiger partial charge in [0.1, 0.15) is 5.75 Å². The van der Waals surface area contributed by atoms with E-state index in [2.05, 4.69) is 51.7 Å². The van der Waals surface area contributed by atoms with Crippen molar-refractivity contribution in [1.29, 1.82) is 0 Å². The van der Waals surface area contributed by atoms with E-state index in [0.717, 1.165) is 21.4 Å². The van der Waals surface area contributed by atoms with Gasteiger partial charge in [0.2, 0.25) is 0 Å². The summed E-state index contributed by atoms with van der Waals surface area (Å²) in [7, 11) is 0. The Hall–Kier alpha value is -1.21. The molecule has 5 heteroatoms. The molecule has 0 saturated carbocycles. The standard InChI is InChI=1S/C14H16IN3O/c1-10(2)16-7-11-8-17-14(18-9-11)19-13-5-3-4-12(15)6-13/h3-6,8-10,16H,7H2,1-2H3. The molecule has 0 aliphatic carbocycles. The molecule has 0 fully saturated rings. The van der Waals surface area contributed by atoms with Crippen molar-refractivity contribution < 1.29 is 4.74 Å². The fourth-order valence-corrected chi connectivity index (χ4v) is 1.96. The normalized spacial score (nSPS) is 10.7. The van der Waals surface area contributed by atoms with Crippen LogP contribution in [0.5, 0.6) is 11.8 Å². The molecule has 0 atom stereocenters. The molecule has 1 aromatic heterocycles. The average molecular weight is 369 g/mol. The number of hydrogen-bond donors (Lipinski definition) is 1. The fraction of sp³-hybridized carbons (Fsp3) is 0.286. The Morgan fingerprint density at radius 3 is 2.63 bits per heavy atom. The number of benzene rings is 1. The average Bonchev–Trinajstić information content (AvgIpc) is 2.38. The third kappa shape index (κ3) is 4.76. The first-order chi connectivity index (χ1) is 9.13. The number of nitrogens with one attached hydrogen (secondary N) is 1. The van der Waals surface area contributed by atoms with Crippen molar-refractivity contribution in [2.75, 3.05) is 0 Å². The van der Waals surface area contributed by atoms with Crippen molar-refractivity contribution in [3.63, 3.8) is 0 Å². The van der Waals surface area contributed by atoms with Gasteiger partial charge in [0.25, 0.3) is 0 Å². The summed E-state index contributed by atoms with van der Waals surface area (Å²) in [5.74, 6) is 0.750. The van der Waals surface area contributed by atoms with Crippen LogP contribution in [0.1, 0.15) is 19.4 Å². The monoisotopic (exact) mass is 369 g/mol. The number of nitrogens with zero attached hydrogens (tertiary/aromatic N) is 2. The second kappa shape index (κ2) is 6.81. The molecule has 100 valence electrons. The van der Waals surface area contributed by atoms with Gasteiger partial charge in [-0.3, -0.25) is 0 Å². The molecule has 0 aliphatic heterocycles.